The summed E-state index contributed by atoms with van der Waals surface area (Å²) in [6, 6.07) is 3.74. The Bertz CT molecular complexity index is 480. The quantitative estimate of drug-likeness (QED) is 0.912. The Labute approximate surface area is 119 Å². The molecule has 20 heavy (non-hydrogen) atoms. The lowest BCUT2D eigenvalue weighted by Gasteiger charge is -2.31. The first-order valence-corrected chi connectivity index (χ1v) is 7.41. The van der Waals surface area contributed by atoms with Crippen LogP contribution < -0.4 is 5.32 Å². The first-order chi connectivity index (χ1) is 9.76. The molecule has 5 nitrogen and oxygen atoms in total. The molecule has 0 aromatic carbocycles. The molecule has 2 aliphatic rings. The summed E-state index contributed by atoms with van der Waals surface area (Å²) in [6.07, 6.45) is 5.33. The van der Waals surface area contributed by atoms with Crippen molar-refractivity contribution in [2.75, 3.05) is 25.0 Å². The van der Waals surface area contributed by atoms with Gasteiger partial charge in [0.05, 0.1) is 12.2 Å². The van der Waals surface area contributed by atoms with Gasteiger partial charge in [-0.05, 0) is 31.4 Å². The smallest absolute Gasteiger partial charge is 0.272 e. The predicted octanol–water partition coefficient (Wildman–Crippen LogP) is 1.91. The van der Waals surface area contributed by atoms with Gasteiger partial charge in [-0.3, -0.25) is 9.78 Å². The number of hydrogen-bond donors (Lipinski definition) is 1. The SMILES string of the molecule is CCCNc1ccnc(C(=O)N2CC3CCC(C2)O3)c1. The van der Waals surface area contributed by atoms with Gasteiger partial charge >= 0.3 is 0 Å². The number of pyridine rings is 1. The predicted molar refractivity (Wildman–Crippen MR) is 76.8 cm³/mol. The van der Waals surface area contributed by atoms with E-state index in [1.165, 1.54) is 0 Å². The van der Waals surface area contributed by atoms with Crippen molar-refractivity contribution in [2.24, 2.45) is 0 Å². The van der Waals surface area contributed by atoms with Crippen LogP contribution in [-0.4, -0.2) is 47.6 Å². The average Bonchev–Trinajstić information content (AvgIpc) is 2.83. The molecule has 0 radical (unpaired) electrons. The molecule has 1 aromatic rings. The maximum absolute atomic E-state index is 12.5. The van der Waals surface area contributed by atoms with Crippen molar-refractivity contribution >= 4 is 11.6 Å². The number of carbonyl (C=O) groups is 1. The van der Waals surface area contributed by atoms with Crippen molar-refractivity contribution in [3.63, 3.8) is 0 Å². The fraction of sp³-hybridized carbons (Fsp3) is 0.600. The molecule has 2 unspecified atom stereocenters. The monoisotopic (exact) mass is 275 g/mol. The van der Waals surface area contributed by atoms with Gasteiger partial charge in [-0.1, -0.05) is 6.92 Å². The normalized spacial score (nSPS) is 24.8. The third kappa shape index (κ3) is 2.77. The molecule has 1 amide bonds. The Morgan fingerprint density at radius 2 is 2.20 bits per heavy atom. The van der Waals surface area contributed by atoms with E-state index in [9.17, 15) is 4.79 Å². The molecule has 2 fully saturated rings. The van der Waals surface area contributed by atoms with Crippen molar-refractivity contribution in [3.05, 3.63) is 24.0 Å². The third-order valence-corrected chi connectivity index (χ3v) is 3.89. The molecule has 5 heteroatoms. The fourth-order valence-electron chi connectivity index (χ4n) is 2.87. The van der Waals surface area contributed by atoms with Crippen LogP contribution in [-0.2, 0) is 4.74 Å². The van der Waals surface area contributed by atoms with E-state index < -0.39 is 0 Å². The van der Waals surface area contributed by atoms with Crippen LogP contribution in [0.4, 0.5) is 5.69 Å². The summed E-state index contributed by atoms with van der Waals surface area (Å²) in [5.41, 5.74) is 1.48. The van der Waals surface area contributed by atoms with Gasteiger partial charge in [0.15, 0.2) is 0 Å². The number of morpholine rings is 1. The number of rotatable bonds is 4. The number of ether oxygens (including phenoxy) is 1. The number of nitrogens with one attached hydrogen (secondary N) is 1. The van der Waals surface area contributed by atoms with Crippen molar-refractivity contribution in [3.8, 4) is 0 Å². The van der Waals surface area contributed by atoms with Crippen LogP contribution in [0.3, 0.4) is 0 Å². The molecule has 2 atom stereocenters. The van der Waals surface area contributed by atoms with E-state index in [1.54, 1.807) is 6.20 Å². The van der Waals surface area contributed by atoms with Crippen molar-refractivity contribution in [1.82, 2.24) is 9.88 Å². The highest BCUT2D eigenvalue weighted by Crippen LogP contribution is 2.27. The Balaban J connectivity index is 1.70. The molecule has 108 valence electrons. The van der Waals surface area contributed by atoms with Crippen LogP contribution in [0.25, 0.3) is 0 Å². The highest BCUT2D eigenvalue weighted by atomic mass is 16.5. The zero-order valence-electron chi connectivity index (χ0n) is 11.8. The van der Waals surface area contributed by atoms with E-state index in [-0.39, 0.29) is 18.1 Å². The van der Waals surface area contributed by atoms with Gasteiger partial charge in [-0.2, -0.15) is 0 Å². The number of hydrogen-bond acceptors (Lipinski definition) is 4. The Hall–Kier alpha value is -1.62. The second kappa shape index (κ2) is 5.79. The van der Waals surface area contributed by atoms with Gasteiger partial charge in [-0.15, -0.1) is 0 Å². The summed E-state index contributed by atoms with van der Waals surface area (Å²) in [5, 5.41) is 3.29. The maximum Gasteiger partial charge on any atom is 0.272 e. The van der Waals surface area contributed by atoms with Crippen molar-refractivity contribution in [2.45, 2.75) is 38.4 Å². The van der Waals surface area contributed by atoms with Gasteiger partial charge in [0.1, 0.15) is 5.69 Å². The molecule has 2 saturated heterocycles. The van der Waals surface area contributed by atoms with Crippen LogP contribution >= 0.6 is 0 Å². The van der Waals surface area contributed by atoms with Crippen LogP contribution in [0.15, 0.2) is 18.3 Å². The van der Waals surface area contributed by atoms with Gasteiger partial charge < -0.3 is 15.0 Å². The van der Waals surface area contributed by atoms with E-state index in [4.69, 9.17) is 4.74 Å². The minimum absolute atomic E-state index is 0.0188. The zero-order chi connectivity index (χ0) is 13.9. The lowest BCUT2D eigenvalue weighted by molar-refractivity contribution is -0.0305. The molecular weight excluding hydrogens is 254 g/mol. The molecule has 3 heterocycles. The molecule has 1 N–H and O–H groups in total. The number of carbonyl (C=O) groups excluding carboxylic acids is 1. The van der Waals surface area contributed by atoms with E-state index in [0.717, 1.165) is 31.5 Å². The zero-order valence-corrected chi connectivity index (χ0v) is 11.8. The highest BCUT2D eigenvalue weighted by molar-refractivity contribution is 5.93. The minimum atomic E-state index is 0.0188. The summed E-state index contributed by atoms with van der Waals surface area (Å²) in [4.78, 5) is 18.6. The summed E-state index contributed by atoms with van der Waals surface area (Å²) in [5.74, 6) is 0.0188. The molecule has 0 spiro atoms. The van der Waals surface area contributed by atoms with Crippen LogP contribution in [0.1, 0.15) is 36.7 Å². The molecule has 2 aliphatic heterocycles. The maximum atomic E-state index is 12.5. The lowest BCUT2D eigenvalue weighted by atomic mass is 10.2. The van der Waals surface area contributed by atoms with Crippen molar-refractivity contribution in [1.29, 1.82) is 0 Å². The van der Waals surface area contributed by atoms with Crippen LogP contribution in [0.5, 0.6) is 0 Å². The first kappa shape index (κ1) is 13.4. The molecule has 0 aliphatic carbocycles. The van der Waals surface area contributed by atoms with E-state index in [0.29, 0.717) is 18.8 Å². The van der Waals surface area contributed by atoms with Gasteiger partial charge in [-0.25, -0.2) is 0 Å². The summed E-state index contributed by atoms with van der Waals surface area (Å²) < 4.78 is 5.76. The number of amides is 1. The second-order valence-corrected chi connectivity index (χ2v) is 5.52. The van der Waals surface area contributed by atoms with Crippen LogP contribution in [0.2, 0.25) is 0 Å². The first-order valence-electron chi connectivity index (χ1n) is 7.41. The lowest BCUT2D eigenvalue weighted by Crippen LogP contribution is -2.46. The van der Waals surface area contributed by atoms with Crippen LogP contribution in [0, 0.1) is 0 Å². The Morgan fingerprint density at radius 1 is 1.45 bits per heavy atom. The van der Waals surface area contributed by atoms with E-state index >= 15 is 0 Å². The molecule has 0 saturated carbocycles. The molecule has 2 bridgehead atoms. The summed E-state index contributed by atoms with van der Waals surface area (Å²) in [7, 11) is 0. The van der Waals surface area contributed by atoms with Gasteiger partial charge in [0.2, 0.25) is 0 Å². The van der Waals surface area contributed by atoms with Gasteiger partial charge in [0.25, 0.3) is 5.91 Å². The van der Waals surface area contributed by atoms with E-state index in [1.807, 2.05) is 17.0 Å². The standard InChI is InChI=1S/C15H21N3O2/c1-2-6-16-11-5-7-17-14(8-11)15(19)18-9-12-3-4-13(10-18)20-12/h5,7-8,12-13H,2-4,6,9-10H2,1H3,(H,16,17). The minimum Gasteiger partial charge on any atom is -0.385 e. The topological polar surface area (TPSA) is 54.5 Å². The molecule has 3 rings (SSSR count). The Morgan fingerprint density at radius 3 is 2.90 bits per heavy atom. The number of fused-ring (bicyclic) bond motifs is 2. The number of aromatic nitrogens is 1. The highest BCUT2D eigenvalue weighted by Gasteiger charge is 2.36. The molecule has 1 aromatic heterocycles. The average molecular weight is 275 g/mol. The fourth-order valence-corrected chi connectivity index (χ4v) is 2.87. The van der Waals surface area contributed by atoms with Crippen molar-refractivity contribution < 1.29 is 9.53 Å². The number of nitrogens with zero attached hydrogens (tertiary/aromatic N) is 2. The third-order valence-electron chi connectivity index (χ3n) is 3.89. The second-order valence-electron chi connectivity index (χ2n) is 5.52. The summed E-state index contributed by atoms with van der Waals surface area (Å²) >= 11 is 0. The largest absolute Gasteiger partial charge is 0.385 e. The Kier molecular flexibility index (Phi) is 3.87. The number of anilines is 1. The van der Waals surface area contributed by atoms with E-state index in [2.05, 4.69) is 17.2 Å². The summed E-state index contributed by atoms with van der Waals surface area (Å²) in [6.45, 7) is 4.41. The number of likely N-dealkylation sites (tertiary alicyclic amines) is 1. The molecular formula is C15H21N3O2. The van der Waals surface area contributed by atoms with Gasteiger partial charge in [0, 0.05) is 31.5 Å².